The van der Waals surface area contributed by atoms with E-state index in [-0.39, 0.29) is 0 Å². The Morgan fingerprint density at radius 3 is 1.95 bits per heavy atom. The molecule has 0 radical (unpaired) electrons. The molecule has 1 aliphatic carbocycles. The van der Waals surface area contributed by atoms with Crippen LogP contribution in [0.1, 0.15) is 5.69 Å². The number of hydrogen-bond donors (Lipinski definition) is 0. The van der Waals surface area contributed by atoms with E-state index in [1.807, 2.05) is 0 Å². The first-order valence-corrected chi connectivity index (χ1v) is 4.96. The van der Waals surface area contributed by atoms with E-state index in [0.29, 0.717) is 11.0 Å². The van der Waals surface area contributed by atoms with Crippen molar-refractivity contribution in [1.82, 2.24) is 15.0 Å². The normalized spacial score (nSPS) is 26.1. The number of hydrogen-bond acceptors (Lipinski definition) is 2. The van der Waals surface area contributed by atoms with Gasteiger partial charge in [0.15, 0.2) is 0 Å². The average molecular weight is 307 g/mol. The minimum absolute atomic E-state index is 0.495. The minimum Gasteiger partial charge on any atom is -0.195 e. The zero-order valence-corrected chi connectivity index (χ0v) is 9.52. The number of rotatable bonds is 1. The molecule has 0 N–H and O–H groups in total. The summed E-state index contributed by atoms with van der Waals surface area (Å²) in [5, 5.41) is 6.40. The van der Waals surface area contributed by atoms with Gasteiger partial charge in [0.05, 0.1) is 11.8 Å². The highest BCUT2D eigenvalue weighted by Crippen LogP contribution is 2.60. The van der Waals surface area contributed by atoms with E-state index in [0.717, 1.165) is 7.05 Å². The molecule has 11 heteroatoms. The topological polar surface area (TPSA) is 30.7 Å². The lowest BCUT2D eigenvalue weighted by Gasteiger charge is -2.40. The summed E-state index contributed by atoms with van der Waals surface area (Å²) in [6, 6.07) is 0. The summed E-state index contributed by atoms with van der Waals surface area (Å²) in [5.74, 6) is -23.5. The van der Waals surface area contributed by atoms with Gasteiger partial charge in [0.25, 0.3) is 0 Å². The van der Waals surface area contributed by atoms with Crippen LogP contribution in [-0.4, -0.2) is 38.7 Å². The zero-order chi connectivity index (χ0) is 15.6. The lowest BCUT2D eigenvalue weighted by molar-refractivity contribution is -0.348. The van der Waals surface area contributed by atoms with E-state index in [1.54, 1.807) is 0 Å². The molecule has 20 heavy (non-hydrogen) atoms. The van der Waals surface area contributed by atoms with Crippen molar-refractivity contribution in [1.29, 1.82) is 0 Å². The Labute approximate surface area is 105 Å². The number of aromatic nitrogens is 3. The molecule has 0 amide bonds. The van der Waals surface area contributed by atoms with E-state index in [2.05, 4.69) is 10.2 Å². The van der Waals surface area contributed by atoms with Gasteiger partial charge < -0.3 is 0 Å². The number of aryl methyl sites for hydroxylation is 1. The third-order valence-corrected chi connectivity index (χ3v) is 2.75. The van der Waals surface area contributed by atoms with E-state index < -0.39 is 41.0 Å². The van der Waals surface area contributed by atoms with Gasteiger partial charge in [-0.25, -0.2) is 0 Å². The molecule has 0 saturated carbocycles. The van der Waals surface area contributed by atoms with Crippen LogP contribution in [-0.2, 0) is 7.05 Å². The minimum atomic E-state index is -6.27. The summed E-state index contributed by atoms with van der Waals surface area (Å²) < 4.78 is 105. The molecule has 0 unspecified atom stereocenters. The molecule has 1 aromatic heterocycles. The SMILES string of the molecule is Cn1ncc(C2=CC(F)(F)C(F)(F)C(F)(F)C2(F)F)n1. The Hall–Kier alpha value is -1.68. The van der Waals surface area contributed by atoms with Gasteiger partial charge in [-0.15, -0.1) is 0 Å². The Bertz CT molecular complexity index is 574. The summed E-state index contributed by atoms with van der Waals surface area (Å²) in [5.41, 5.74) is -3.03. The van der Waals surface area contributed by atoms with Crippen molar-refractivity contribution < 1.29 is 35.1 Å². The summed E-state index contributed by atoms with van der Waals surface area (Å²) in [6.45, 7) is 0. The first-order chi connectivity index (χ1) is 8.84. The highest BCUT2D eigenvalue weighted by molar-refractivity contribution is 5.72. The maximum Gasteiger partial charge on any atom is 0.382 e. The van der Waals surface area contributed by atoms with E-state index in [4.69, 9.17) is 0 Å². The number of halogens is 8. The molecule has 0 bridgehead atoms. The largest absolute Gasteiger partial charge is 0.382 e. The second kappa shape index (κ2) is 3.70. The molecule has 0 atom stereocenters. The molecule has 0 saturated heterocycles. The monoisotopic (exact) mass is 307 g/mol. The fourth-order valence-electron chi connectivity index (χ4n) is 1.64. The molecule has 112 valence electrons. The molecule has 0 aromatic carbocycles. The van der Waals surface area contributed by atoms with E-state index in [1.165, 1.54) is 0 Å². The van der Waals surface area contributed by atoms with Gasteiger partial charge in [-0.05, 0) is 0 Å². The second-order valence-electron chi connectivity index (χ2n) is 4.12. The van der Waals surface area contributed by atoms with Gasteiger partial charge in [0, 0.05) is 13.1 Å². The standard InChI is InChI=1S/C9H5F8N3/c1-20-18-3-5(19-20)4-2-6(10,11)8(14,15)9(16,17)7(4,12)13/h2-3H,1H3. The van der Waals surface area contributed by atoms with Gasteiger partial charge in [-0.2, -0.15) is 50.1 Å². The van der Waals surface area contributed by atoms with Gasteiger partial charge in [0.1, 0.15) is 5.69 Å². The molecule has 0 fully saturated rings. The lowest BCUT2D eigenvalue weighted by Crippen LogP contribution is -2.65. The summed E-state index contributed by atoms with van der Waals surface area (Å²) >= 11 is 0. The van der Waals surface area contributed by atoms with Crippen molar-refractivity contribution in [2.24, 2.45) is 7.05 Å². The first kappa shape index (κ1) is 14.7. The van der Waals surface area contributed by atoms with Gasteiger partial charge in [-0.1, -0.05) is 0 Å². The molecule has 2 rings (SSSR count). The molecule has 0 spiro atoms. The Morgan fingerprint density at radius 1 is 0.950 bits per heavy atom. The Balaban J connectivity index is 2.72. The molecule has 1 aliphatic rings. The predicted octanol–water partition coefficient (Wildman–Crippen LogP) is 2.75. The van der Waals surface area contributed by atoms with Crippen molar-refractivity contribution >= 4 is 5.57 Å². The molecule has 1 heterocycles. The quantitative estimate of drug-likeness (QED) is 0.747. The van der Waals surface area contributed by atoms with Crippen LogP contribution in [0.2, 0.25) is 0 Å². The molecular weight excluding hydrogens is 302 g/mol. The third-order valence-electron chi connectivity index (χ3n) is 2.75. The van der Waals surface area contributed by atoms with E-state index >= 15 is 0 Å². The number of alkyl halides is 8. The van der Waals surface area contributed by atoms with Crippen LogP contribution in [0, 0.1) is 0 Å². The number of nitrogens with zero attached hydrogens (tertiary/aromatic N) is 3. The fourth-order valence-corrected chi connectivity index (χ4v) is 1.64. The first-order valence-electron chi connectivity index (χ1n) is 4.96. The van der Waals surface area contributed by atoms with Crippen molar-refractivity contribution in [2.45, 2.75) is 23.7 Å². The predicted molar refractivity (Wildman–Crippen MR) is 48.8 cm³/mol. The van der Waals surface area contributed by atoms with Crippen LogP contribution < -0.4 is 0 Å². The van der Waals surface area contributed by atoms with Crippen LogP contribution in [0.15, 0.2) is 12.3 Å². The maximum absolute atomic E-state index is 13.5. The third kappa shape index (κ3) is 1.57. The van der Waals surface area contributed by atoms with E-state index in [9.17, 15) is 35.1 Å². The summed E-state index contributed by atoms with van der Waals surface area (Å²) in [4.78, 5) is 0.634. The number of allylic oxidation sites excluding steroid dienone is 2. The van der Waals surface area contributed by atoms with Crippen LogP contribution in [0.4, 0.5) is 35.1 Å². The van der Waals surface area contributed by atoms with Crippen molar-refractivity contribution in [3.8, 4) is 0 Å². The van der Waals surface area contributed by atoms with Gasteiger partial charge in [0.2, 0.25) is 0 Å². The Morgan fingerprint density at radius 2 is 1.50 bits per heavy atom. The van der Waals surface area contributed by atoms with Crippen LogP contribution in [0.3, 0.4) is 0 Å². The summed E-state index contributed by atoms with van der Waals surface area (Å²) in [6.07, 6.45) is -0.399. The van der Waals surface area contributed by atoms with Crippen molar-refractivity contribution in [3.63, 3.8) is 0 Å². The maximum atomic E-state index is 13.5. The van der Waals surface area contributed by atoms with Crippen LogP contribution in [0.25, 0.3) is 5.57 Å². The zero-order valence-electron chi connectivity index (χ0n) is 9.52. The average Bonchev–Trinajstić information content (AvgIpc) is 2.70. The summed E-state index contributed by atoms with van der Waals surface area (Å²) in [7, 11) is 1.11. The highest BCUT2D eigenvalue weighted by atomic mass is 19.4. The molecule has 1 aromatic rings. The van der Waals surface area contributed by atoms with Gasteiger partial charge >= 0.3 is 23.7 Å². The highest BCUT2D eigenvalue weighted by Gasteiger charge is 2.83. The van der Waals surface area contributed by atoms with Crippen LogP contribution >= 0.6 is 0 Å². The van der Waals surface area contributed by atoms with Crippen molar-refractivity contribution in [3.05, 3.63) is 18.0 Å². The fraction of sp³-hybridized carbons (Fsp3) is 0.556. The second-order valence-corrected chi connectivity index (χ2v) is 4.12. The smallest absolute Gasteiger partial charge is 0.195 e. The lowest BCUT2D eigenvalue weighted by atomic mass is 9.84. The molecular formula is C9H5F8N3. The van der Waals surface area contributed by atoms with Gasteiger partial charge in [-0.3, -0.25) is 0 Å². The molecule has 0 aliphatic heterocycles. The Kier molecular flexibility index (Phi) is 2.72. The van der Waals surface area contributed by atoms with Crippen LogP contribution in [0.5, 0.6) is 0 Å². The van der Waals surface area contributed by atoms with Crippen molar-refractivity contribution in [2.75, 3.05) is 0 Å². The molecule has 3 nitrogen and oxygen atoms in total.